The molecular weight excluding hydrogens is 504 g/mol. The van der Waals surface area contributed by atoms with E-state index in [2.05, 4.69) is 9.72 Å². The maximum Gasteiger partial charge on any atom is 0.410 e. The number of amides is 1. The average Bonchev–Trinajstić information content (AvgIpc) is 3.39. The van der Waals surface area contributed by atoms with E-state index in [0.29, 0.717) is 3.97 Å². The lowest BCUT2D eigenvalue weighted by Gasteiger charge is -2.24. The van der Waals surface area contributed by atoms with Gasteiger partial charge in [-0.1, -0.05) is 0 Å². The van der Waals surface area contributed by atoms with E-state index in [0.717, 1.165) is 35.7 Å². The van der Waals surface area contributed by atoms with E-state index in [4.69, 9.17) is 4.74 Å². The van der Waals surface area contributed by atoms with E-state index in [-0.39, 0.29) is 17.0 Å². The third-order valence-electron chi connectivity index (χ3n) is 4.65. The van der Waals surface area contributed by atoms with Gasteiger partial charge >= 0.3 is 12.1 Å². The van der Waals surface area contributed by atoms with E-state index < -0.39 is 55.6 Å². The van der Waals surface area contributed by atoms with E-state index >= 15 is 4.39 Å². The molecule has 0 aromatic carbocycles. The Morgan fingerprint density at radius 1 is 1.23 bits per heavy atom. The molecule has 9 nitrogen and oxygen atoms in total. The summed E-state index contributed by atoms with van der Waals surface area (Å²) in [5, 5.41) is 1.36. The molecule has 13 heteroatoms. The number of hydrogen-bond acceptors (Lipinski definition) is 8. The second kappa shape index (κ2) is 9.74. The van der Waals surface area contributed by atoms with E-state index in [9.17, 15) is 22.4 Å². The monoisotopic (exact) mass is 527 g/mol. The van der Waals surface area contributed by atoms with Crippen LogP contribution >= 0.6 is 11.3 Å². The van der Waals surface area contributed by atoms with E-state index in [1.807, 2.05) is 0 Å². The lowest BCUT2D eigenvalue weighted by Crippen LogP contribution is -2.33. The van der Waals surface area contributed by atoms with Crippen molar-refractivity contribution in [3.05, 3.63) is 58.2 Å². The minimum atomic E-state index is -4.61. The fourth-order valence-electron chi connectivity index (χ4n) is 3.12. The first-order chi connectivity index (χ1) is 16.3. The van der Waals surface area contributed by atoms with Crippen LogP contribution in [0.25, 0.3) is 11.3 Å². The number of carbonyl (C=O) groups is 2. The highest BCUT2D eigenvalue weighted by atomic mass is 32.2. The summed E-state index contributed by atoms with van der Waals surface area (Å²) in [6, 6.07) is 3.65. The van der Waals surface area contributed by atoms with Crippen molar-refractivity contribution in [2.45, 2.75) is 37.8 Å². The Hall–Kier alpha value is -3.32. The SMILES string of the molecule is COC(=O)c1sccc1S(=O)(=O)n1cc(CN(C)C(=O)OC(C)(C)C)c(F)c1-c1cccnc1F. The van der Waals surface area contributed by atoms with Gasteiger partial charge in [0.05, 0.1) is 19.2 Å². The smallest absolute Gasteiger partial charge is 0.410 e. The molecule has 0 aliphatic carbocycles. The van der Waals surface area contributed by atoms with Gasteiger partial charge in [-0.2, -0.15) is 4.39 Å². The molecular formula is C22H23F2N3O6S2. The van der Waals surface area contributed by atoms with Gasteiger partial charge in [0.25, 0.3) is 10.0 Å². The van der Waals surface area contributed by atoms with Crippen molar-refractivity contribution in [2.24, 2.45) is 0 Å². The molecule has 0 aliphatic rings. The summed E-state index contributed by atoms with van der Waals surface area (Å²) in [5.74, 6) is -3.08. The summed E-state index contributed by atoms with van der Waals surface area (Å²) in [4.78, 5) is 28.3. The molecule has 0 spiro atoms. The molecule has 3 aromatic heterocycles. The Labute approximate surface area is 205 Å². The summed E-state index contributed by atoms with van der Waals surface area (Å²) >= 11 is 0.823. The fraction of sp³-hybridized carbons (Fsp3) is 0.318. The number of aromatic nitrogens is 2. The highest BCUT2D eigenvalue weighted by Gasteiger charge is 2.33. The molecule has 0 radical (unpaired) electrons. The molecule has 35 heavy (non-hydrogen) atoms. The quantitative estimate of drug-likeness (QED) is 0.348. The zero-order valence-electron chi connectivity index (χ0n) is 19.5. The number of nitrogens with zero attached hydrogens (tertiary/aromatic N) is 3. The Balaban J connectivity index is 2.18. The van der Waals surface area contributed by atoms with Crippen LogP contribution in [0, 0.1) is 11.8 Å². The normalized spacial score (nSPS) is 11.9. The third-order valence-corrected chi connectivity index (χ3v) is 7.37. The standard InChI is InChI=1S/C22H23F2N3O6S2/c1-22(2,3)33-21(29)26(4)11-13-12-27(17(16(13)23)14-7-6-9-25-19(14)24)35(30,31)15-8-10-34-18(15)20(28)32-5/h6-10,12H,11H2,1-5H3. The Bertz CT molecular complexity index is 1380. The van der Waals surface area contributed by atoms with Gasteiger partial charge in [0.1, 0.15) is 21.1 Å². The van der Waals surface area contributed by atoms with Crippen molar-refractivity contribution < 1.29 is 36.3 Å². The van der Waals surface area contributed by atoms with Crippen LogP contribution in [0.4, 0.5) is 13.6 Å². The molecule has 0 aliphatic heterocycles. The summed E-state index contributed by atoms with van der Waals surface area (Å²) in [7, 11) is -2.17. The molecule has 0 atom stereocenters. The highest BCUT2D eigenvalue weighted by Crippen LogP contribution is 2.34. The number of carbonyl (C=O) groups excluding carboxylic acids is 2. The molecule has 0 fully saturated rings. The van der Waals surface area contributed by atoms with Crippen molar-refractivity contribution >= 4 is 33.4 Å². The Kier molecular flexibility index (Phi) is 7.31. The Morgan fingerprint density at radius 2 is 1.91 bits per heavy atom. The zero-order valence-corrected chi connectivity index (χ0v) is 21.2. The van der Waals surface area contributed by atoms with Crippen LogP contribution < -0.4 is 0 Å². The molecule has 1 amide bonds. The van der Waals surface area contributed by atoms with Gasteiger partial charge in [0.15, 0.2) is 5.82 Å². The van der Waals surface area contributed by atoms with Crippen molar-refractivity contribution in [1.82, 2.24) is 13.9 Å². The number of methoxy groups -OCH3 is 1. The minimum Gasteiger partial charge on any atom is -0.465 e. The topological polar surface area (TPSA) is 108 Å². The van der Waals surface area contributed by atoms with E-state index in [1.54, 1.807) is 20.8 Å². The van der Waals surface area contributed by atoms with Crippen molar-refractivity contribution in [1.29, 1.82) is 0 Å². The predicted molar refractivity (Wildman–Crippen MR) is 124 cm³/mol. The van der Waals surface area contributed by atoms with Crippen LogP contribution in [0.15, 0.2) is 40.9 Å². The fourth-order valence-corrected chi connectivity index (χ4v) is 5.82. The third kappa shape index (κ3) is 5.35. The maximum absolute atomic E-state index is 15.7. The van der Waals surface area contributed by atoms with E-state index in [1.165, 1.54) is 30.6 Å². The van der Waals surface area contributed by atoms with Crippen LogP contribution in [-0.4, -0.2) is 54.1 Å². The van der Waals surface area contributed by atoms with Crippen LogP contribution in [0.5, 0.6) is 0 Å². The van der Waals surface area contributed by atoms with Gasteiger partial charge in [0.2, 0.25) is 5.95 Å². The summed E-state index contributed by atoms with van der Waals surface area (Å²) in [6.45, 7) is 4.59. The number of ether oxygens (including phenoxy) is 2. The molecule has 0 unspecified atom stereocenters. The highest BCUT2D eigenvalue weighted by molar-refractivity contribution is 7.90. The lowest BCUT2D eigenvalue weighted by atomic mass is 10.1. The van der Waals surface area contributed by atoms with Gasteiger partial charge in [0, 0.05) is 25.0 Å². The van der Waals surface area contributed by atoms with Crippen LogP contribution in [-0.2, 0) is 26.0 Å². The van der Waals surface area contributed by atoms with Crippen molar-refractivity contribution in [2.75, 3.05) is 14.2 Å². The van der Waals surface area contributed by atoms with Gasteiger partial charge < -0.3 is 14.4 Å². The molecule has 0 saturated heterocycles. The van der Waals surface area contributed by atoms with Gasteiger partial charge in [-0.3, -0.25) is 0 Å². The molecule has 3 rings (SSSR count). The molecule has 0 bridgehead atoms. The molecule has 0 saturated carbocycles. The van der Waals surface area contributed by atoms with Crippen molar-refractivity contribution in [3.63, 3.8) is 0 Å². The predicted octanol–water partition coefficient (Wildman–Crippen LogP) is 4.28. The molecule has 3 aromatic rings. The largest absolute Gasteiger partial charge is 0.465 e. The lowest BCUT2D eigenvalue weighted by molar-refractivity contribution is 0.0283. The molecule has 188 valence electrons. The first-order valence-electron chi connectivity index (χ1n) is 10.1. The van der Waals surface area contributed by atoms with Gasteiger partial charge in [-0.25, -0.2) is 31.4 Å². The Morgan fingerprint density at radius 3 is 2.51 bits per heavy atom. The number of rotatable bonds is 6. The average molecular weight is 528 g/mol. The van der Waals surface area contributed by atoms with Gasteiger partial charge in [-0.05, 0) is 44.4 Å². The summed E-state index contributed by atoms with van der Waals surface area (Å²) < 4.78 is 67.8. The second-order valence-electron chi connectivity index (χ2n) is 8.40. The zero-order chi connectivity index (χ0) is 26.1. The summed E-state index contributed by atoms with van der Waals surface area (Å²) in [5.41, 5.74) is -2.10. The molecule has 3 heterocycles. The summed E-state index contributed by atoms with van der Waals surface area (Å²) in [6.07, 6.45) is 1.29. The number of hydrogen-bond donors (Lipinski definition) is 0. The number of thiophene rings is 1. The van der Waals surface area contributed by atoms with Crippen LogP contribution in [0.1, 0.15) is 36.0 Å². The maximum atomic E-state index is 15.7. The number of pyridine rings is 1. The number of esters is 1. The first-order valence-corrected chi connectivity index (χ1v) is 12.5. The second-order valence-corrected chi connectivity index (χ2v) is 11.1. The minimum absolute atomic E-state index is 0.227. The van der Waals surface area contributed by atoms with Crippen LogP contribution in [0.3, 0.4) is 0 Å². The van der Waals surface area contributed by atoms with Crippen LogP contribution in [0.2, 0.25) is 0 Å². The molecule has 0 N–H and O–H groups in total. The number of halogens is 2. The van der Waals surface area contributed by atoms with Crippen molar-refractivity contribution in [3.8, 4) is 11.3 Å². The first kappa shape index (κ1) is 26.3. The van der Waals surface area contributed by atoms with Gasteiger partial charge in [-0.15, -0.1) is 11.3 Å².